The molecule has 0 amide bonds. The molecule has 0 aliphatic carbocycles. The number of esters is 1. The summed E-state index contributed by atoms with van der Waals surface area (Å²) in [5.41, 5.74) is 1.16. The maximum Gasteiger partial charge on any atom is 1.00 e. The number of aryl methyl sites for hydroxylation is 1. The minimum absolute atomic E-state index is 0. The van der Waals surface area contributed by atoms with Crippen LogP contribution in [0.1, 0.15) is 25.3 Å². The first kappa shape index (κ1) is 13.7. The maximum atomic E-state index is 11.1. The molecule has 0 bridgehead atoms. The molecule has 0 saturated carbocycles. The van der Waals surface area contributed by atoms with Crippen molar-refractivity contribution in [3.05, 3.63) is 29.8 Å². The van der Waals surface area contributed by atoms with Gasteiger partial charge in [0.15, 0.2) is 0 Å². The zero-order chi connectivity index (χ0) is 9.68. The first-order valence-corrected chi connectivity index (χ1v) is 4.49. The van der Waals surface area contributed by atoms with E-state index >= 15 is 0 Å². The van der Waals surface area contributed by atoms with E-state index in [1.54, 1.807) is 0 Å². The Bertz CT molecular complexity index is 280. The summed E-state index contributed by atoms with van der Waals surface area (Å²) in [6.45, 7) is 3.95. The maximum absolute atomic E-state index is 11.1. The van der Waals surface area contributed by atoms with Gasteiger partial charge in [0, 0.05) is 6.42 Å². The normalized spacial score (nSPS) is 9.00. The molecule has 0 atom stereocenters. The van der Waals surface area contributed by atoms with Crippen LogP contribution in [0.5, 0.6) is 5.75 Å². The van der Waals surface area contributed by atoms with Crippen LogP contribution in [0.4, 0.5) is 0 Å². The van der Waals surface area contributed by atoms with E-state index in [2.05, 4.69) is 0 Å². The summed E-state index contributed by atoms with van der Waals surface area (Å²) >= 11 is 0. The fraction of sp³-hybridized carbons (Fsp3) is 0.364. The van der Waals surface area contributed by atoms with Gasteiger partial charge in [-0.05, 0) is 25.5 Å². The van der Waals surface area contributed by atoms with Crippen molar-refractivity contribution in [2.75, 3.05) is 0 Å². The molecule has 1 aromatic rings. The van der Waals surface area contributed by atoms with Gasteiger partial charge < -0.3 is 4.74 Å². The zero-order valence-corrected chi connectivity index (χ0v) is 11.0. The minimum atomic E-state index is -0.161. The van der Waals surface area contributed by atoms with E-state index < -0.39 is 0 Å². The second-order valence-electron chi connectivity index (χ2n) is 3.04. The number of carbonyl (C=O) groups excluding carboxylic acids is 1. The molecule has 0 unspecified atom stereocenters. The minimum Gasteiger partial charge on any atom is -0.427 e. The van der Waals surface area contributed by atoms with Crippen LogP contribution < -0.4 is 34.3 Å². The van der Waals surface area contributed by atoms with E-state index in [0.717, 1.165) is 12.0 Å². The smallest absolute Gasteiger partial charge is 0.427 e. The van der Waals surface area contributed by atoms with Crippen molar-refractivity contribution in [3.63, 3.8) is 0 Å². The molecule has 0 aliphatic rings. The molecule has 1 rings (SSSR count). The van der Waals surface area contributed by atoms with Crippen molar-refractivity contribution in [3.8, 4) is 5.75 Å². The molecule has 0 aromatic heterocycles. The second-order valence-corrected chi connectivity index (χ2v) is 3.04. The largest absolute Gasteiger partial charge is 1.00 e. The molecule has 0 aliphatic heterocycles. The van der Waals surface area contributed by atoms with E-state index in [1.165, 1.54) is 0 Å². The van der Waals surface area contributed by atoms with Crippen molar-refractivity contribution in [2.24, 2.45) is 0 Å². The van der Waals surface area contributed by atoms with Gasteiger partial charge in [0.2, 0.25) is 0 Å². The number of rotatable bonds is 3. The van der Waals surface area contributed by atoms with Gasteiger partial charge in [-0.25, -0.2) is 0 Å². The third-order valence-corrected chi connectivity index (χ3v) is 1.71. The van der Waals surface area contributed by atoms with Gasteiger partial charge in [-0.2, -0.15) is 0 Å². The molecule has 0 heterocycles. The van der Waals surface area contributed by atoms with Gasteiger partial charge in [0.25, 0.3) is 0 Å². The Hall–Kier alpha value is -0.310. The fourth-order valence-corrected chi connectivity index (χ4v) is 0.993. The number of hydrogen-bond donors (Lipinski definition) is 0. The summed E-state index contributed by atoms with van der Waals surface area (Å²) in [6, 6.07) is 7.47. The number of hydrogen-bond acceptors (Lipinski definition) is 2. The molecular formula is C11H14NaO2+. The monoisotopic (exact) mass is 201 g/mol. The van der Waals surface area contributed by atoms with E-state index in [0.29, 0.717) is 12.2 Å². The fourth-order valence-electron chi connectivity index (χ4n) is 0.993. The zero-order valence-electron chi connectivity index (χ0n) is 9.04. The third kappa shape index (κ3) is 4.80. The molecule has 70 valence electrons. The summed E-state index contributed by atoms with van der Waals surface area (Å²) < 4.78 is 5.07. The Morgan fingerprint density at radius 1 is 1.29 bits per heavy atom. The van der Waals surface area contributed by atoms with Crippen molar-refractivity contribution >= 4 is 5.97 Å². The molecule has 1 aromatic carbocycles. The summed E-state index contributed by atoms with van der Waals surface area (Å²) in [5.74, 6) is 0.468. The predicted octanol–water partition coefficient (Wildman–Crippen LogP) is -0.295. The van der Waals surface area contributed by atoms with Gasteiger partial charge >= 0.3 is 35.5 Å². The van der Waals surface area contributed by atoms with E-state index in [-0.39, 0.29) is 35.5 Å². The van der Waals surface area contributed by atoms with E-state index in [4.69, 9.17) is 4.74 Å². The topological polar surface area (TPSA) is 26.3 Å². The van der Waals surface area contributed by atoms with E-state index in [9.17, 15) is 4.79 Å². The van der Waals surface area contributed by atoms with Gasteiger partial charge in [0.05, 0.1) is 0 Å². The van der Waals surface area contributed by atoms with Crippen LogP contribution in [0.3, 0.4) is 0 Å². The van der Waals surface area contributed by atoms with Crippen LogP contribution in [0.2, 0.25) is 0 Å². The van der Waals surface area contributed by atoms with Gasteiger partial charge in [-0.3, -0.25) is 4.79 Å². The number of carbonyl (C=O) groups is 1. The SMILES string of the molecule is CCCC(=O)Oc1ccc(C)cc1.[Na+]. The quantitative estimate of drug-likeness (QED) is 0.381. The van der Waals surface area contributed by atoms with Crippen molar-refractivity contribution in [1.29, 1.82) is 0 Å². The Labute approximate surface area is 107 Å². The standard InChI is InChI=1S/C11H14O2.Na/c1-3-4-11(12)13-10-7-5-9(2)6-8-10;/h5-8H,3-4H2,1-2H3;/q;+1. The van der Waals surface area contributed by atoms with Gasteiger partial charge in [-0.15, -0.1) is 0 Å². The number of ether oxygens (including phenoxy) is 1. The first-order chi connectivity index (χ1) is 6.22. The molecule has 2 nitrogen and oxygen atoms in total. The second kappa shape index (κ2) is 7.04. The Kier molecular flexibility index (Phi) is 6.89. The average molecular weight is 201 g/mol. The van der Waals surface area contributed by atoms with Crippen LogP contribution in [0, 0.1) is 6.92 Å². The number of benzene rings is 1. The molecule has 0 radical (unpaired) electrons. The van der Waals surface area contributed by atoms with Crippen LogP contribution >= 0.6 is 0 Å². The van der Waals surface area contributed by atoms with Crippen molar-refractivity contribution in [1.82, 2.24) is 0 Å². The van der Waals surface area contributed by atoms with Gasteiger partial charge in [0.1, 0.15) is 5.75 Å². The molecular weight excluding hydrogens is 187 g/mol. The Balaban J connectivity index is 0.00000169. The van der Waals surface area contributed by atoms with Crippen molar-refractivity contribution < 1.29 is 39.1 Å². The van der Waals surface area contributed by atoms with Crippen LogP contribution in [-0.2, 0) is 4.79 Å². The Morgan fingerprint density at radius 3 is 2.36 bits per heavy atom. The van der Waals surface area contributed by atoms with Crippen LogP contribution in [0.15, 0.2) is 24.3 Å². The molecule has 3 heteroatoms. The summed E-state index contributed by atoms with van der Waals surface area (Å²) in [4.78, 5) is 11.1. The van der Waals surface area contributed by atoms with Crippen LogP contribution in [-0.4, -0.2) is 5.97 Å². The average Bonchev–Trinajstić information content (AvgIpc) is 2.09. The molecule has 0 N–H and O–H groups in total. The summed E-state index contributed by atoms with van der Waals surface area (Å²) in [6.07, 6.45) is 1.30. The molecule has 0 spiro atoms. The predicted molar refractivity (Wildman–Crippen MR) is 51.7 cm³/mol. The van der Waals surface area contributed by atoms with Crippen molar-refractivity contribution in [2.45, 2.75) is 26.7 Å². The summed E-state index contributed by atoms with van der Waals surface area (Å²) in [7, 11) is 0. The third-order valence-electron chi connectivity index (χ3n) is 1.71. The summed E-state index contributed by atoms with van der Waals surface area (Å²) in [5, 5.41) is 0. The Morgan fingerprint density at radius 2 is 1.86 bits per heavy atom. The molecule has 0 saturated heterocycles. The van der Waals surface area contributed by atoms with E-state index in [1.807, 2.05) is 38.1 Å². The van der Waals surface area contributed by atoms with Gasteiger partial charge in [-0.1, -0.05) is 24.6 Å². The molecule has 14 heavy (non-hydrogen) atoms. The first-order valence-electron chi connectivity index (χ1n) is 4.49. The molecule has 0 fully saturated rings. The van der Waals surface area contributed by atoms with Crippen LogP contribution in [0.25, 0.3) is 0 Å².